The number of hydrogen-bond acceptors (Lipinski definition) is 5. The Labute approximate surface area is 169 Å². The number of benzene rings is 1. The molecule has 0 bridgehead atoms. The zero-order chi connectivity index (χ0) is 21.7. The number of alkyl halides is 3. The van der Waals surface area contributed by atoms with Crippen LogP contribution < -0.4 is 5.32 Å². The largest absolute Gasteiger partial charge is 0.433 e. The number of nitro groups is 1. The van der Waals surface area contributed by atoms with Crippen molar-refractivity contribution in [3.8, 4) is 11.1 Å². The molecule has 2 aromatic rings. The molecule has 158 valence electrons. The summed E-state index contributed by atoms with van der Waals surface area (Å²) >= 11 is 0. The predicted molar refractivity (Wildman–Crippen MR) is 103 cm³/mol. The van der Waals surface area contributed by atoms with Crippen LogP contribution >= 0.6 is 0 Å². The molecule has 0 atom stereocenters. The number of pyridine rings is 1. The first-order chi connectivity index (χ1) is 14.2. The third kappa shape index (κ3) is 5.41. The van der Waals surface area contributed by atoms with E-state index in [0.717, 1.165) is 31.2 Å². The zero-order valence-corrected chi connectivity index (χ0v) is 15.7. The van der Waals surface area contributed by atoms with Crippen LogP contribution in [0.15, 0.2) is 48.7 Å². The second kappa shape index (κ2) is 9.04. The summed E-state index contributed by atoms with van der Waals surface area (Å²) < 4.78 is 43.9. The molecular weight excluding hydrogens is 403 g/mol. The van der Waals surface area contributed by atoms with E-state index in [4.69, 9.17) is 4.74 Å². The van der Waals surface area contributed by atoms with Gasteiger partial charge in [0.2, 0.25) is 5.91 Å². The van der Waals surface area contributed by atoms with Crippen LogP contribution in [0.4, 0.5) is 24.5 Å². The average Bonchev–Trinajstić information content (AvgIpc) is 2.72. The lowest BCUT2D eigenvalue weighted by atomic mass is 10.00. The van der Waals surface area contributed by atoms with E-state index < -0.39 is 28.4 Å². The SMILES string of the molecule is O=C(C=CC1CCOCC1)Nc1ccc(-c2ccnc(C(F)(F)F)c2)cc1[N+](=O)[O-]. The van der Waals surface area contributed by atoms with Crippen LogP contribution in [-0.4, -0.2) is 29.0 Å². The highest BCUT2D eigenvalue weighted by atomic mass is 19.4. The molecule has 1 saturated heterocycles. The number of halogens is 3. The van der Waals surface area contributed by atoms with Gasteiger partial charge < -0.3 is 10.1 Å². The van der Waals surface area contributed by atoms with Gasteiger partial charge in [-0.3, -0.25) is 19.9 Å². The minimum Gasteiger partial charge on any atom is -0.381 e. The topological polar surface area (TPSA) is 94.4 Å². The lowest BCUT2D eigenvalue weighted by Crippen LogP contribution is -2.15. The average molecular weight is 421 g/mol. The van der Waals surface area contributed by atoms with Crippen LogP contribution in [0.2, 0.25) is 0 Å². The van der Waals surface area contributed by atoms with Crippen molar-refractivity contribution < 1.29 is 27.6 Å². The first-order valence-electron chi connectivity index (χ1n) is 9.13. The van der Waals surface area contributed by atoms with Gasteiger partial charge >= 0.3 is 6.18 Å². The molecule has 1 aliphatic rings. The van der Waals surface area contributed by atoms with Gasteiger partial charge in [-0.2, -0.15) is 13.2 Å². The maximum absolute atomic E-state index is 12.9. The monoisotopic (exact) mass is 421 g/mol. The Bertz CT molecular complexity index is 970. The molecule has 30 heavy (non-hydrogen) atoms. The summed E-state index contributed by atoms with van der Waals surface area (Å²) in [5, 5.41) is 13.9. The van der Waals surface area contributed by atoms with Gasteiger partial charge in [0.05, 0.1) is 4.92 Å². The van der Waals surface area contributed by atoms with Crippen LogP contribution in [0, 0.1) is 16.0 Å². The van der Waals surface area contributed by atoms with Crippen LogP contribution in [0.5, 0.6) is 0 Å². The number of nitrogens with one attached hydrogen (secondary N) is 1. The van der Waals surface area contributed by atoms with Crippen molar-refractivity contribution in [2.45, 2.75) is 19.0 Å². The standard InChI is InChI=1S/C20H18F3N3O4/c21-20(22,23)18-12-15(5-8-24-18)14-2-3-16(17(11-14)26(28)29)25-19(27)4-1-13-6-9-30-10-7-13/h1-5,8,11-13H,6-7,9-10H2,(H,25,27). The molecule has 7 nitrogen and oxygen atoms in total. The Hall–Kier alpha value is -3.27. The van der Waals surface area contributed by atoms with Crippen molar-refractivity contribution >= 4 is 17.3 Å². The summed E-state index contributed by atoms with van der Waals surface area (Å²) in [6.45, 7) is 1.24. The molecule has 0 unspecified atom stereocenters. The summed E-state index contributed by atoms with van der Waals surface area (Å²) in [6, 6.07) is 5.95. The maximum Gasteiger partial charge on any atom is 0.433 e. The summed E-state index contributed by atoms with van der Waals surface area (Å²) in [6.07, 6.45) is 1.02. The highest BCUT2D eigenvalue weighted by Crippen LogP contribution is 2.34. The van der Waals surface area contributed by atoms with Gasteiger partial charge in [-0.05, 0) is 54.2 Å². The molecule has 3 rings (SSSR count). The molecule has 0 aliphatic carbocycles. The Morgan fingerprint density at radius 3 is 2.57 bits per heavy atom. The predicted octanol–water partition coefficient (Wildman–Crippen LogP) is 4.60. The Kier molecular flexibility index (Phi) is 6.46. The molecule has 0 radical (unpaired) electrons. The normalized spacial score (nSPS) is 15.3. The van der Waals surface area contributed by atoms with Crippen molar-refractivity contribution in [2.75, 3.05) is 18.5 Å². The highest BCUT2D eigenvalue weighted by molar-refractivity contribution is 6.01. The number of carbonyl (C=O) groups is 1. The smallest absolute Gasteiger partial charge is 0.381 e. The summed E-state index contributed by atoms with van der Waals surface area (Å²) in [7, 11) is 0. The molecule has 1 aromatic carbocycles. The van der Waals surface area contributed by atoms with Crippen LogP contribution in [0.3, 0.4) is 0 Å². The number of rotatable bonds is 5. The van der Waals surface area contributed by atoms with E-state index in [2.05, 4.69) is 10.3 Å². The fourth-order valence-electron chi connectivity index (χ4n) is 3.04. The second-order valence-corrected chi connectivity index (χ2v) is 6.71. The molecular formula is C20H18F3N3O4. The molecule has 2 heterocycles. The number of nitro benzene ring substituents is 1. The van der Waals surface area contributed by atoms with Gasteiger partial charge in [-0.25, -0.2) is 0 Å². The first kappa shape index (κ1) is 21.4. The molecule has 1 aromatic heterocycles. The number of carbonyl (C=O) groups excluding carboxylic acids is 1. The minimum absolute atomic E-state index is 0.0459. The molecule has 0 saturated carbocycles. The van der Waals surface area contributed by atoms with Gasteiger partial charge in [0.1, 0.15) is 11.4 Å². The van der Waals surface area contributed by atoms with E-state index in [1.807, 2.05) is 0 Å². The second-order valence-electron chi connectivity index (χ2n) is 6.71. The molecule has 1 fully saturated rings. The van der Waals surface area contributed by atoms with E-state index >= 15 is 0 Å². The first-order valence-corrected chi connectivity index (χ1v) is 9.13. The van der Waals surface area contributed by atoms with E-state index in [-0.39, 0.29) is 22.7 Å². The molecule has 10 heteroatoms. The number of nitrogens with zero attached hydrogens (tertiary/aromatic N) is 2. The Morgan fingerprint density at radius 1 is 1.20 bits per heavy atom. The van der Waals surface area contributed by atoms with Crippen molar-refractivity contribution in [2.24, 2.45) is 5.92 Å². The third-order valence-electron chi connectivity index (χ3n) is 4.62. The minimum atomic E-state index is -4.63. The summed E-state index contributed by atoms with van der Waals surface area (Å²) in [5.41, 5.74) is -1.25. The van der Waals surface area contributed by atoms with Crippen LogP contribution in [0.1, 0.15) is 18.5 Å². The van der Waals surface area contributed by atoms with E-state index in [9.17, 15) is 28.1 Å². The fraction of sp³-hybridized carbons (Fsp3) is 0.300. The molecule has 1 N–H and O–H groups in total. The van der Waals surface area contributed by atoms with Gasteiger partial charge in [0.25, 0.3) is 5.69 Å². The Balaban J connectivity index is 1.81. The number of amides is 1. The Morgan fingerprint density at radius 2 is 1.90 bits per heavy atom. The van der Waals surface area contributed by atoms with Crippen LogP contribution in [0.25, 0.3) is 11.1 Å². The molecule has 1 aliphatic heterocycles. The van der Waals surface area contributed by atoms with E-state index in [1.165, 1.54) is 24.3 Å². The van der Waals surface area contributed by atoms with Crippen LogP contribution in [-0.2, 0) is 15.7 Å². The number of anilines is 1. The van der Waals surface area contributed by atoms with E-state index in [1.54, 1.807) is 6.08 Å². The lowest BCUT2D eigenvalue weighted by molar-refractivity contribution is -0.383. The number of allylic oxidation sites excluding steroid dienone is 1. The summed E-state index contributed by atoms with van der Waals surface area (Å²) in [5.74, 6) is -0.322. The van der Waals surface area contributed by atoms with Gasteiger partial charge in [0, 0.05) is 25.5 Å². The van der Waals surface area contributed by atoms with E-state index in [0.29, 0.717) is 13.2 Å². The fourth-order valence-corrected chi connectivity index (χ4v) is 3.04. The number of ether oxygens (including phenoxy) is 1. The lowest BCUT2D eigenvalue weighted by Gasteiger charge is -2.18. The molecule has 1 amide bonds. The van der Waals surface area contributed by atoms with Gasteiger partial charge in [-0.1, -0.05) is 12.1 Å². The third-order valence-corrected chi connectivity index (χ3v) is 4.62. The van der Waals surface area contributed by atoms with Gasteiger partial charge in [0.15, 0.2) is 0 Å². The van der Waals surface area contributed by atoms with Crippen molar-refractivity contribution in [3.63, 3.8) is 0 Å². The van der Waals surface area contributed by atoms with Crippen molar-refractivity contribution in [1.82, 2.24) is 4.98 Å². The number of hydrogen-bond donors (Lipinski definition) is 1. The number of aromatic nitrogens is 1. The molecule has 0 spiro atoms. The maximum atomic E-state index is 12.9. The van der Waals surface area contributed by atoms with Crippen molar-refractivity contribution in [1.29, 1.82) is 0 Å². The summed E-state index contributed by atoms with van der Waals surface area (Å²) in [4.78, 5) is 26.2. The quantitative estimate of drug-likeness (QED) is 0.433. The zero-order valence-electron chi connectivity index (χ0n) is 15.7. The highest BCUT2D eigenvalue weighted by Gasteiger charge is 2.32. The van der Waals surface area contributed by atoms with Gasteiger partial charge in [-0.15, -0.1) is 0 Å². The van der Waals surface area contributed by atoms with Crippen molar-refractivity contribution in [3.05, 3.63) is 64.5 Å².